The van der Waals surface area contributed by atoms with Gasteiger partial charge >= 0.3 is 0 Å². The fourth-order valence-corrected chi connectivity index (χ4v) is 6.51. The van der Waals surface area contributed by atoms with Crippen molar-refractivity contribution < 1.29 is 8.91 Å². The number of aryl methyl sites for hydroxylation is 1. The Morgan fingerprint density at radius 3 is 2.84 bits per heavy atom. The van der Waals surface area contributed by atoms with Crippen LogP contribution >= 0.6 is 11.6 Å². The fourth-order valence-electron chi connectivity index (χ4n) is 6.24. The minimum absolute atomic E-state index is 0.178. The zero-order valence-electron chi connectivity index (χ0n) is 20.5. The van der Waals surface area contributed by atoms with Gasteiger partial charge in [0.1, 0.15) is 17.2 Å². The molecule has 1 saturated heterocycles. The Morgan fingerprint density at radius 1 is 1.21 bits per heavy atom. The summed E-state index contributed by atoms with van der Waals surface area (Å²) >= 11 is 6.63. The number of halogens is 2. The first-order valence-corrected chi connectivity index (χ1v) is 12.9. The Labute approximate surface area is 222 Å². The number of H-pyrrole nitrogens is 1. The lowest BCUT2D eigenvalue weighted by Crippen LogP contribution is -2.32. The van der Waals surface area contributed by atoms with Crippen molar-refractivity contribution in [2.24, 2.45) is 17.6 Å². The van der Waals surface area contributed by atoms with E-state index < -0.39 is 0 Å². The zero-order chi connectivity index (χ0) is 26.0. The van der Waals surface area contributed by atoms with Crippen molar-refractivity contribution in [3.63, 3.8) is 0 Å². The second-order valence-electron chi connectivity index (χ2n) is 10.0. The molecule has 0 unspecified atom stereocenters. The van der Waals surface area contributed by atoms with Crippen molar-refractivity contribution in [2.45, 2.75) is 18.8 Å². The van der Waals surface area contributed by atoms with Gasteiger partial charge in [0.05, 0.1) is 16.9 Å². The lowest BCUT2D eigenvalue weighted by atomic mass is 9.91. The molecule has 4 heterocycles. The van der Waals surface area contributed by atoms with Crippen LogP contribution in [0.1, 0.15) is 17.9 Å². The van der Waals surface area contributed by atoms with Gasteiger partial charge < -0.3 is 15.2 Å². The minimum atomic E-state index is -0.319. The maximum atomic E-state index is 14.7. The number of hydrogen-bond donors (Lipinski definition) is 2. The van der Waals surface area contributed by atoms with Crippen molar-refractivity contribution in [1.29, 1.82) is 0 Å². The van der Waals surface area contributed by atoms with Crippen LogP contribution in [-0.4, -0.2) is 49.9 Å². The highest BCUT2D eigenvalue weighted by molar-refractivity contribution is 6.33. The monoisotopic (exact) mass is 530 g/mol. The molecule has 7 rings (SSSR count). The third kappa shape index (κ3) is 3.44. The summed E-state index contributed by atoms with van der Waals surface area (Å²) in [6.45, 7) is 3.71. The second-order valence-corrected chi connectivity index (χ2v) is 10.4. The van der Waals surface area contributed by atoms with E-state index in [-0.39, 0.29) is 17.2 Å². The van der Waals surface area contributed by atoms with E-state index in [0.29, 0.717) is 46.1 Å². The van der Waals surface area contributed by atoms with Crippen molar-refractivity contribution in [3.8, 4) is 22.6 Å². The molecule has 9 nitrogen and oxygen atoms in total. The number of aromatic nitrogens is 6. The quantitative estimate of drug-likeness (QED) is 0.340. The van der Waals surface area contributed by atoms with Gasteiger partial charge in [0.25, 0.3) is 0 Å². The lowest BCUT2D eigenvalue weighted by Gasteiger charge is -2.26. The first-order valence-electron chi connectivity index (χ1n) is 12.5. The highest BCUT2D eigenvalue weighted by atomic mass is 35.5. The van der Waals surface area contributed by atoms with Crippen LogP contribution in [0.4, 0.5) is 10.2 Å². The molecule has 0 bridgehead atoms. The topological polar surface area (TPSA) is 123 Å². The van der Waals surface area contributed by atoms with Crippen LogP contribution in [0.2, 0.25) is 5.02 Å². The van der Waals surface area contributed by atoms with Gasteiger partial charge in [-0.2, -0.15) is 10.1 Å². The lowest BCUT2D eigenvalue weighted by molar-refractivity contribution is 0.394. The Hall–Kier alpha value is -3.89. The molecule has 3 N–H and O–H groups in total. The number of fused-ring (bicyclic) bond motifs is 2. The number of anilines is 1. The van der Waals surface area contributed by atoms with Crippen LogP contribution in [0.25, 0.3) is 33.8 Å². The van der Waals surface area contributed by atoms with Gasteiger partial charge in [0.2, 0.25) is 17.4 Å². The van der Waals surface area contributed by atoms with Crippen LogP contribution in [-0.2, 0) is 5.41 Å². The molecular weight excluding hydrogens is 507 g/mol. The van der Waals surface area contributed by atoms with Crippen LogP contribution in [0, 0.1) is 24.6 Å². The summed E-state index contributed by atoms with van der Waals surface area (Å²) < 4.78 is 19.8. The molecule has 1 saturated carbocycles. The van der Waals surface area contributed by atoms with Crippen LogP contribution in [0.3, 0.4) is 0 Å². The normalized spacial score (nSPS) is 22.6. The molecular formula is C27H24ClFN8O. The molecule has 1 aliphatic carbocycles. The number of nitrogens with two attached hydrogens (primary N) is 1. The van der Waals surface area contributed by atoms with Crippen molar-refractivity contribution in [1.82, 2.24) is 30.3 Å². The van der Waals surface area contributed by atoms with Gasteiger partial charge in [0.15, 0.2) is 0 Å². The first-order chi connectivity index (χ1) is 18.5. The Balaban J connectivity index is 1.16. The molecule has 38 heavy (non-hydrogen) atoms. The standard InChI is InChI=1S/C27H24ClFN8O/c1-14-32-25(36-38-14)15-6-7-16(20(28)10-15)23-24-26(35-34-23)33-22(11-31-24)37-9-8-17-19(12-37)27(17,13-30)18-4-2-3-5-21(18)29/h2-7,10-11,17,19H,8-9,12-13,30H2,1H3,(H,33,34,35)/t17-,19+,27-/m1/s1. The van der Waals surface area contributed by atoms with Gasteiger partial charge in [-0.1, -0.05) is 47.1 Å². The molecule has 11 heteroatoms. The predicted molar refractivity (Wildman–Crippen MR) is 141 cm³/mol. The molecule has 1 aliphatic heterocycles. The number of nitrogens with zero attached hydrogens (tertiary/aromatic N) is 6. The Morgan fingerprint density at radius 2 is 2.08 bits per heavy atom. The molecule has 2 aromatic carbocycles. The van der Waals surface area contributed by atoms with E-state index in [9.17, 15) is 4.39 Å². The average molecular weight is 531 g/mol. The Kier molecular flexibility index (Phi) is 5.24. The summed E-state index contributed by atoms with van der Waals surface area (Å²) in [5.41, 5.74) is 9.98. The van der Waals surface area contributed by atoms with Crippen molar-refractivity contribution in [3.05, 3.63) is 71.0 Å². The van der Waals surface area contributed by atoms with E-state index in [2.05, 4.69) is 25.2 Å². The van der Waals surface area contributed by atoms with Gasteiger partial charge in [-0.25, -0.2) is 14.4 Å². The van der Waals surface area contributed by atoms with E-state index >= 15 is 0 Å². The van der Waals surface area contributed by atoms with Gasteiger partial charge in [0, 0.05) is 43.1 Å². The van der Waals surface area contributed by atoms with Crippen LogP contribution < -0.4 is 10.6 Å². The molecule has 5 aromatic rings. The summed E-state index contributed by atoms with van der Waals surface area (Å²) in [4.78, 5) is 16.0. The molecule has 3 atom stereocenters. The largest absolute Gasteiger partial charge is 0.355 e. The summed E-state index contributed by atoms with van der Waals surface area (Å²) in [6.07, 6.45) is 2.69. The van der Waals surface area contributed by atoms with Gasteiger partial charge in [-0.05, 0) is 36.0 Å². The second kappa shape index (κ2) is 8.57. The van der Waals surface area contributed by atoms with Gasteiger partial charge in [-0.3, -0.25) is 5.10 Å². The number of hydrogen-bond acceptors (Lipinski definition) is 8. The predicted octanol–water partition coefficient (Wildman–Crippen LogP) is 4.52. The number of benzene rings is 2. The van der Waals surface area contributed by atoms with Crippen molar-refractivity contribution >= 4 is 28.6 Å². The van der Waals surface area contributed by atoms with Crippen LogP contribution in [0.15, 0.2) is 53.2 Å². The number of rotatable bonds is 5. The molecule has 2 fully saturated rings. The van der Waals surface area contributed by atoms with Gasteiger partial charge in [-0.15, -0.1) is 0 Å². The maximum absolute atomic E-state index is 14.7. The summed E-state index contributed by atoms with van der Waals surface area (Å²) in [6, 6.07) is 12.5. The van der Waals surface area contributed by atoms with E-state index in [1.54, 1.807) is 25.3 Å². The van der Waals surface area contributed by atoms with Crippen LogP contribution in [0.5, 0.6) is 0 Å². The molecule has 0 radical (unpaired) electrons. The first kappa shape index (κ1) is 23.2. The summed E-state index contributed by atoms with van der Waals surface area (Å²) in [7, 11) is 0. The number of piperidine rings is 1. The third-order valence-electron chi connectivity index (χ3n) is 8.14. The molecule has 0 spiro atoms. The van der Waals surface area contributed by atoms with E-state index in [1.807, 2.05) is 24.3 Å². The van der Waals surface area contributed by atoms with E-state index in [4.69, 9.17) is 31.8 Å². The smallest absolute Gasteiger partial charge is 0.223 e. The number of aromatic amines is 1. The van der Waals surface area contributed by atoms with E-state index in [0.717, 1.165) is 42.0 Å². The Bertz CT molecular complexity index is 1680. The molecule has 3 aromatic heterocycles. The maximum Gasteiger partial charge on any atom is 0.223 e. The van der Waals surface area contributed by atoms with Crippen molar-refractivity contribution in [2.75, 3.05) is 24.5 Å². The minimum Gasteiger partial charge on any atom is -0.355 e. The molecule has 2 aliphatic rings. The van der Waals surface area contributed by atoms with E-state index in [1.165, 1.54) is 6.07 Å². The zero-order valence-corrected chi connectivity index (χ0v) is 21.3. The highest BCUT2D eigenvalue weighted by Gasteiger charge is 2.66. The third-order valence-corrected chi connectivity index (χ3v) is 8.45. The molecule has 0 amide bonds. The fraction of sp³-hybridized carbons (Fsp3) is 0.296. The average Bonchev–Trinajstić information content (AvgIpc) is 3.17. The summed E-state index contributed by atoms with van der Waals surface area (Å²) in [5.74, 6) is 2.17. The number of nitrogens with one attached hydrogen (secondary N) is 1. The summed E-state index contributed by atoms with van der Waals surface area (Å²) in [5, 5.41) is 11.9. The SMILES string of the molecule is Cc1nc(-c2ccc(-c3[nH]nc4nc(N5CC[C@@H]6[C@H](C5)[C@@]6(CN)c5ccccc5F)cnc34)c(Cl)c2)no1. The highest BCUT2D eigenvalue weighted by Crippen LogP contribution is 2.63. The molecule has 192 valence electrons.